The Balaban J connectivity index is 2.61. The van der Waals surface area contributed by atoms with Gasteiger partial charge in [0, 0.05) is 10.5 Å². The van der Waals surface area contributed by atoms with Crippen LogP contribution in [0.25, 0.3) is 11.3 Å². The van der Waals surface area contributed by atoms with Crippen LogP contribution in [-0.2, 0) is 0 Å². The van der Waals surface area contributed by atoms with E-state index >= 15 is 0 Å². The number of nitrogen functional groups attached to an aromatic ring is 1. The van der Waals surface area contributed by atoms with E-state index in [4.69, 9.17) is 21.9 Å². The molecule has 1 aromatic carbocycles. The molecule has 5 heteroatoms. The molecule has 72 valence electrons. The Bertz CT molecular complexity index is 449. The van der Waals surface area contributed by atoms with Gasteiger partial charge in [0.05, 0.1) is 10.6 Å². The number of anilines is 1. The third-order valence-corrected chi connectivity index (χ3v) is 2.71. The van der Waals surface area contributed by atoms with E-state index in [-0.39, 0.29) is 0 Å². The van der Waals surface area contributed by atoms with E-state index in [9.17, 15) is 0 Å². The van der Waals surface area contributed by atoms with Crippen molar-refractivity contribution in [3.63, 3.8) is 0 Å². The average molecular weight is 274 g/mol. The molecule has 1 aromatic heterocycles. The number of nitrogens with zero attached hydrogens (tertiary/aromatic N) is 1. The average Bonchev–Trinajstić information content (AvgIpc) is 2.51. The standard InChI is InChI=1S/C9H6BrClN2O/c10-5-2-1-3-6(11)9(5)7-4-8(12)13-14-7/h1-4H,(H2,12,13). The Morgan fingerprint density at radius 3 is 2.79 bits per heavy atom. The van der Waals surface area contributed by atoms with E-state index in [0.717, 1.165) is 10.0 Å². The van der Waals surface area contributed by atoms with E-state index in [1.807, 2.05) is 12.1 Å². The Kier molecular flexibility index (Phi) is 2.48. The molecule has 0 saturated carbocycles. The third kappa shape index (κ3) is 1.63. The summed E-state index contributed by atoms with van der Waals surface area (Å²) in [6.45, 7) is 0. The molecule has 0 amide bonds. The quantitative estimate of drug-likeness (QED) is 0.867. The van der Waals surface area contributed by atoms with Crippen LogP contribution in [0.15, 0.2) is 33.3 Å². The number of aromatic nitrogens is 1. The van der Waals surface area contributed by atoms with Gasteiger partial charge in [-0.3, -0.25) is 0 Å². The molecule has 0 spiro atoms. The van der Waals surface area contributed by atoms with Crippen LogP contribution in [0, 0.1) is 0 Å². The lowest BCUT2D eigenvalue weighted by molar-refractivity contribution is 0.435. The molecule has 0 bridgehead atoms. The molecule has 14 heavy (non-hydrogen) atoms. The van der Waals surface area contributed by atoms with E-state index in [1.165, 1.54) is 0 Å². The zero-order valence-corrected chi connectivity index (χ0v) is 9.34. The largest absolute Gasteiger partial charge is 0.381 e. The summed E-state index contributed by atoms with van der Waals surface area (Å²) < 4.78 is 5.87. The summed E-state index contributed by atoms with van der Waals surface area (Å²) >= 11 is 9.39. The van der Waals surface area contributed by atoms with Crippen molar-refractivity contribution in [2.45, 2.75) is 0 Å². The number of nitrogens with two attached hydrogens (primary N) is 1. The maximum Gasteiger partial charge on any atom is 0.171 e. The van der Waals surface area contributed by atoms with Gasteiger partial charge in [-0.05, 0) is 28.1 Å². The molecule has 0 unspecified atom stereocenters. The zero-order valence-electron chi connectivity index (χ0n) is 7.00. The highest BCUT2D eigenvalue weighted by atomic mass is 79.9. The maximum absolute atomic E-state index is 6.01. The molecule has 2 aromatic rings. The zero-order chi connectivity index (χ0) is 10.1. The van der Waals surface area contributed by atoms with Crippen LogP contribution in [0.5, 0.6) is 0 Å². The fraction of sp³-hybridized carbons (Fsp3) is 0. The lowest BCUT2D eigenvalue weighted by atomic mass is 10.2. The highest BCUT2D eigenvalue weighted by Gasteiger charge is 2.12. The second-order valence-corrected chi connectivity index (χ2v) is 3.97. The number of hydrogen-bond acceptors (Lipinski definition) is 3. The molecule has 1 heterocycles. The Morgan fingerprint density at radius 2 is 2.21 bits per heavy atom. The topological polar surface area (TPSA) is 52.0 Å². The van der Waals surface area contributed by atoms with Crippen molar-refractivity contribution in [3.05, 3.63) is 33.8 Å². The van der Waals surface area contributed by atoms with Crippen LogP contribution in [0.1, 0.15) is 0 Å². The van der Waals surface area contributed by atoms with Crippen molar-refractivity contribution in [1.82, 2.24) is 5.16 Å². The van der Waals surface area contributed by atoms with Crippen LogP contribution in [0.2, 0.25) is 5.02 Å². The number of benzene rings is 1. The third-order valence-electron chi connectivity index (χ3n) is 1.74. The second-order valence-electron chi connectivity index (χ2n) is 2.71. The van der Waals surface area contributed by atoms with Gasteiger partial charge in [-0.2, -0.15) is 0 Å². The lowest BCUT2D eigenvalue weighted by Crippen LogP contribution is -1.80. The van der Waals surface area contributed by atoms with Crippen LogP contribution in [0.4, 0.5) is 5.82 Å². The minimum atomic E-state index is 0.340. The molecular weight excluding hydrogens is 267 g/mol. The predicted octanol–water partition coefficient (Wildman–Crippen LogP) is 3.34. The van der Waals surface area contributed by atoms with Gasteiger partial charge >= 0.3 is 0 Å². The van der Waals surface area contributed by atoms with Crippen molar-refractivity contribution >= 4 is 33.3 Å². The summed E-state index contributed by atoms with van der Waals surface area (Å²) in [6.07, 6.45) is 0. The maximum atomic E-state index is 6.01. The van der Waals surface area contributed by atoms with Crippen LogP contribution < -0.4 is 5.73 Å². The van der Waals surface area contributed by atoms with Gasteiger partial charge in [0.15, 0.2) is 11.6 Å². The SMILES string of the molecule is Nc1cc(-c2c(Cl)cccc2Br)on1. The number of rotatable bonds is 1. The first-order valence-electron chi connectivity index (χ1n) is 3.85. The predicted molar refractivity (Wildman–Crippen MR) is 59.1 cm³/mol. The minimum absolute atomic E-state index is 0.340. The van der Waals surface area contributed by atoms with E-state index in [2.05, 4.69) is 21.1 Å². The Morgan fingerprint density at radius 1 is 1.43 bits per heavy atom. The monoisotopic (exact) mass is 272 g/mol. The molecule has 0 aliphatic carbocycles. The molecule has 2 rings (SSSR count). The van der Waals surface area contributed by atoms with Gasteiger partial charge in [0.25, 0.3) is 0 Å². The van der Waals surface area contributed by atoms with Gasteiger partial charge in [0.2, 0.25) is 0 Å². The normalized spacial score (nSPS) is 10.4. The van der Waals surface area contributed by atoms with Crippen LogP contribution >= 0.6 is 27.5 Å². The fourth-order valence-corrected chi connectivity index (χ4v) is 2.08. The Hall–Kier alpha value is -1.00. The molecule has 0 atom stereocenters. The summed E-state index contributed by atoms with van der Waals surface area (Å²) in [4.78, 5) is 0. The van der Waals surface area contributed by atoms with E-state index in [0.29, 0.717) is 16.6 Å². The number of halogens is 2. The molecule has 0 fully saturated rings. The minimum Gasteiger partial charge on any atom is -0.381 e. The summed E-state index contributed by atoms with van der Waals surface area (Å²) in [6, 6.07) is 7.13. The van der Waals surface area contributed by atoms with E-state index in [1.54, 1.807) is 12.1 Å². The molecule has 0 aliphatic heterocycles. The molecular formula is C9H6BrClN2O. The van der Waals surface area contributed by atoms with E-state index < -0.39 is 0 Å². The van der Waals surface area contributed by atoms with Crippen molar-refractivity contribution in [1.29, 1.82) is 0 Å². The van der Waals surface area contributed by atoms with Gasteiger partial charge in [-0.25, -0.2) is 0 Å². The van der Waals surface area contributed by atoms with Gasteiger partial charge in [-0.15, -0.1) is 0 Å². The van der Waals surface area contributed by atoms with Crippen molar-refractivity contribution in [2.24, 2.45) is 0 Å². The molecule has 2 N–H and O–H groups in total. The first-order valence-corrected chi connectivity index (χ1v) is 5.02. The van der Waals surface area contributed by atoms with Crippen LogP contribution in [-0.4, -0.2) is 5.16 Å². The molecule has 0 aliphatic rings. The van der Waals surface area contributed by atoms with Crippen molar-refractivity contribution < 1.29 is 4.52 Å². The smallest absolute Gasteiger partial charge is 0.171 e. The van der Waals surface area contributed by atoms with Crippen molar-refractivity contribution in [2.75, 3.05) is 5.73 Å². The summed E-state index contributed by atoms with van der Waals surface area (Å²) in [5.41, 5.74) is 6.22. The van der Waals surface area contributed by atoms with Gasteiger partial charge in [0.1, 0.15) is 0 Å². The summed E-state index contributed by atoms with van der Waals surface area (Å²) in [5.74, 6) is 0.895. The fourth-order valence-electron chi connectivity index (χ4n) is 1.14. The first-order chi connectivity index (χ1) is 6.68. The highest BCUT2D eigenvalue weighted by molar-refractivity contribution is 9.10. The van der Waals surface area contributed by atoms with Crippen LogP contribution in [0.3, 0.4) is 0 Å². The second kappa shape index (κ2) is 3.63. The van der Waals surface area contributed by atoms with Crippen molar-refractivity contribution in [3.8, 4) is 11.3 Å². The summed E-state index contributed by atoms with van der Waals surface area (Å²) in [7, 11) is 0. The highest BCUT2D eigenvalue weighted by Crippen LogP contribution is 2.35. The number of hydrogen-bond donors (Lipinski definition) is 1. The van der Waals surface area contributed by atoms with Gasteiger partial charge < -0.3 is 10.3 Å². The Labute approximate surface area is 94.0 Å². The van der Waals surface area contributed by atoms with Gasteiger partial charge in [-0.1, -0.05) is 22.8 Å². The molecule has 3 nitrogen and oxygen atoms in total. The lowest BCUT2D eigenvalue weighted by Gasteiger charge is -2.01. The summed E-state index contributed by atoms with van der Waals surface area (Å²) in [5, 5.41) is 4.19. The first kappa shape index (κ1) is 9.55. The molecule has 0 radical (unpaired) electrons. The molecule has 0 saturated heterocycles.